The van der Waals surface area contributed by atoms with Crippen LogP contribution in [0.4, 0.5) is 10.5 Å². The quantitative estimate of drug-likeness (QED) is 0.748. The van der Waals surface area contributed by atoms with Crippen LogP contribution >= 0.6 is 0 Å². The number of aromatic nitrogens is 1. The van der Waals surface area contributed by atoms with E-state index < -0.39 is 0 Å². The molecule has 2 heterocycles. The summed E-state index contributed by atoms with van der Waals surface area (Å²) in [4.78, 5) is 30.4. The number of nitrogens with one attached hydrogen (secondary N) is 3. The molecule has 1 aliphatic heterocycles. The van der Waals surface area contributed by atoms with Gasteiger partial charge in [-0.05, 0) is 31.0 Å². The molecule has 3 N–H and O–H groups in total. The van der Waals surface area contributed by atoms with Crippen molar-refractivity contribution >= 4 is 28.7 Å². The van der Waals surface area contributed by atoms with Gasteiger partial charge in [0, 0.05) is 37.3 Å². The summed E-state index contributed by atoms with van der Waals surface area (Å²) in [6, 6.07) is 5.32. The molecule has 1 aromatic heterocycles. The maximum atomic E-state index is 12.3. The van der Waals surface area contributed by atoms with Gasteiger partial charge in [0.1, 0.15) is 5.52 Å². The maximum absolute atomic E-state index is 12.3. The second-order valence-corrected chi connectivity index (χ2v) is 8.27. The maximum Gasteiger partial charge on any atom is 0.319 e. The third-order valence-corrected chi connectivity index (χ3v) is 4.86. The van der Waals surface area contributed by atoms with Gasteiger partial charge in [-0.25, -0.2) is 9.78 Å². The Morgan fingerprint density at radius 1 is 1.25 bits per heavy atom. The van der Waals surface area contributed by atoms with Crippen LogP contribution in [0.2, 0.25) is 0 Å². The zero-order valence-electron chi connectivity index (χ0n) is 17.0. The number of carbonyl (C=O) groups excluding carboxylic acids is 2. The monoisotopic (exact) mass is 387 g/mol. The summed E-state index contributed by atoms with van der Waals surface area (Å²) in [7, 11) is 1.64. The lowest BCUT2D eigenvalue weighted by Gasteiger charge is -2.31. The number of piperidine rings is 1. The van der Waals surface area contributed by atoms with E-state index in [0.29, 0.717) is 23.7 Å². The number of oxazole rings is 1. The average molecular weight is 387 g/mol. The smallest absolute Gasteiger partial charge is 0.319 e. The van der Waals surface area contributed by atoms with Crippen molar-refractivity contribution in [2.75, 3.05) is 32.0 Å². The van der Waals surface area contributed by atoms with E-state index in [1.807, 2.05) is 39.0 Å². The fraction of sp³-hybridized carbons (Fsp3) is 0.550. The van der Waals surface area contributed by atoms with Crippen molar-refractivity contribution in [3.8, 4) is 0 Å². The van der Waals surface area contributed by atoms with Crippen molar-refractivity contribution < 1.29 is 14.0 Å². The third-order valence-electron chi connectivity index (χ3n) is 4.86. The first-order valence-electron chi connectivity index (χ1n) is 9.66. The number of hydrogen-bond donors (Lipinski definition) is 3. The number of likely N-dealkylation sites (tertiary alicyclic amines) is 1. The molecule has 28 heavy (non-hydrogen) atoms. The first-order valence-corrected chi connectivity index (χ1v) is 9.66. The second kappa shape index (κ2) is 8.18. The van der Waals surface area contributed by atoms with Gasteiger partial charge in [0.05, 0.1) is 6.54 Å². The minimum absolute atomic E-state index is 0.0158. The summed E-state index contributed by atoms with van der Waals surface area (Å²) < 4.78 is 5.79. The summed E-state index contributed by atoms with van der Waals surface area (Å²) in [5.41, 5.74) is 1.94. The normalized spacial score (nSPS) is 16.1. The van der Waals surface area contributed by atoms with Crippen LogP contribution in [0, 0.1) is 0 Å². The van der Waals surface area contributed by atoms with Crippen LogP contribution in [0.3, 0.4) is 0 Å². The Labute approximate surface area is 165 Å². The third kappa shape index (κ3) is 5.01. The number of nitrogens with zero attached hydrogens (tertiary/aromatic N) is 2. The van der Waals surface area contributed by atoms with Crippen molar-refractivity contribution in [1.29, 1.82) is 0 Å². The highest BCUT2D eigenvalue weighted by Crippen LogP contribution is 2.27. The average Bonchev–Trinajstić information content (AvgIpc) is 3.07. The highest BCUT2D eigenvalue weighted by Gasteiger charge is 2.23. The molecule has 3 amide bonds. The zero-order chi connectivity index (χ0) is 20.3. The molecule has 0 bridgehead atoms. The van der Waals surface area contributed by atoms with Gasteiger partial charge in [-0.2, -0.15) is 0 Å². The summed E-state index contributed by atoms with van der Waals surface area (Å²) >= 11 is 0. The summed E-state index contributed by atoms with van der Waals surface area (Å²) in [6.45, 7) is 8.13. The fourth-order valence-corrected chi connectivity index (χ4v) is 3.20. The fourth-order valence-electron chi connectivity index (χ4n) is 3.20. The number of carbonyl (C=O) groups is 2. The van der Waals surface area contributed by atoms with Crippen molar-refractivity contribution in [2.24, 2.45) is 0 Å². The Kier molecular flexibility index (Phi) is 5.88. The molecule has 1 fully saturated rings. The van der Waals surface area contributed by atoms with E-state index in [0.717, 1.165) is 31.4 Å². The van der Waals surface area contributed by atoms with Crippen LogP contribution in [-0.2, 0) is 10.2 Å². The van der Waals surface area contributed by atoms with E-state index in [1.165, 1.54) is 0 Å². The van der Waals surface area contributed by atoms with Gasteiger partial charge in [-0.15, -0.1) is 0 Å². The Hall–Kier alpha value is -2.61. The molecular formula is C20H29N5O3. The van der Waals surface area contributed by atoms with Gasteiger partial charge in [0.15, 0.2) is 5.58 Å². The van der Waals surface area contributed by atoms with Gasteiger partial charge < -0.3 is 20.4 Å². The molecule has 0 aliphatic carbocycles. The minimum atomic E-state index is -0.233. The SMILES string of the molecule is CNC(=O)CN1CCC(NC(=O)Nc2ccc3oc(C(C)(C)C)nc3c2)CC1. The lowest BCUT2D eigenvalue weighted by molar-refractivity contribution is -0.122. The number of amides is 3. The molecular weight excluding hydrogens is 358 g/mol. The number of rotatable bonds is 4. The van der Waals surface area contributed by atoms with Crippen molar-refractivity contribution in [3.63, 3.8) is 0 Å². The largest absolute Gasteiger partial charge is 0.440 e. The minimum Gasteiger partial charge on any atom is -0.440 e. The van der Waals surface area contributed by atoms with E-state index in [4.69, 9.17) is 4.42 Å². The second-order valence-electron chi connectivity index (χ2n) is 8.27. The molecule has 0 saturated carbocycles. The van der Waals surface area contributed by atoms with Crippen molar-refractivity contribution in [3.05, 3.63) is 24.1 Å². The Balaban J connectivity index is 1.53. The molecule has 3 rings (SSSR count). The van der Waals surface area contributed by atoms with Crippen LogP contribution in [0.25, 0.3) is 11.1 Å². The number of benzene rings is 1. The lowest BCUT2D eigenvalue weighted by Crippen LogP contribution is -2.48. The van der Waals surface area contributed by atoms with Crippen LogP contribution in [0.15, 0.2) is 22.6 Å². The summed E-state index contributed by atoms with van der Waals surface area (Å²) in [5.74, 6) is 0.689. The zero-order valence-corrected chi connectivity index (χ0v) is 17.0. The predicted molar refractivity (Wildman–Crippen MR) is 108 cm³/mol. The van der Waals surface area contributed by atoms with Crippen LogP contribution in [0.1, 0.15) is 39.5 Å². The summed E-state index contributed by atoms with van der Waals surface area (Å²) in [6.07, 6.45) is 1.64. The Bertz CT molecular complexity index is 847. The molecule has 0 atom stereocenters. The van der Waals surface area contributed by atoms with Gasteiger partial charge >= 0.3 is 6.03 Å². The predicted octanol–water partition coefficient (Wildman–Crippen LogP) is 2.46. The highest BCUT2D eigenvalue weighted by molar-refractivity contribution is 5.91. The first-order chi connectivity index (χ1) is 13.2. The van der Waals surface area contributed by atoms with Gasteiger partial charge in [0.2, 0.25) is 11.8 Å². The van der Waals surface area contributed by atoms with E-state index >= 15 is 0 Å². The molecule has 0 spiro atoms. The van der Waals surface area contributed by atoms with Crippen molar-refractivity contribution in [1.82, 2.24) is 20.5 Å². The molecule has 8 nitrogen and oxygen atoms in total. The van der Waals surface area contributed by atoms with Gasteiger partial charge in [-0.3, -0.25) is 9.69 Å². The number of fused-ring (bicyclic) bond motifs is 1. The molecule has 0 radical (unpaired) electrons. The lowest BCUT2D eigenvalue weighted by atomic mass is 9.97. The summed E-state index contributed by atoms with van der Waals surface area (Å²) in [5, 5.41) is 8.52. The first kappa shape index (κ1) is 20.1. The molecule has 0 unspecified atom stereocenters. The number of urea groups is 1. The molecule has 1 saturated heterocycles. The van der Waals surface area contributed by atoms with Gasteiger partial charge in [-0.1, -0.05) is 20.8 Å². The Morgan fingerprint density at radius 3 is 2.61 bits per heavy atom. The van der Waals surface area contributed by atoms with Crippen LogP contribution < -0.4 is 16.0 Å². The van der Waals surface area contributed by atoms with Crippen molar-refractivity contribution in [2.45, 2.75) is 45.1 Å². The molecule has 152 valence electrons. The van der Waals surface area contributed by atoms with Crippen LogP contribution in [0.5, 0.6) is 0 Å². The van der Waals surface area contributed by atoms with E-state index in [2.05, 4.69) is 25.8 Å². The molecule has 1 aromatic carbocycles. The molecule has 2 aromatic rings. The molecule has 8 heteroatoms. The van der Waals surface area contributed by atoms with E-state index in [9.17, 15) is 9.59 Å². The molecule has 1 aliphatic rings. The standard InChI is InChI=1S/C20H29N5O3/c1-20(2,3)18-24-15-11-14(5-6-16(15)28-18)23-19(27)22-13-7-9-25(10-8-13)12-17(26)21-4/h5-6,11,13H,7-10,12H2,1-4H3,(H,21,26)(H2,22,23,27). The number of likely N-dealkylation sites (N-methyl/N-ethyl adjacent to an activating group) is 1. The van der Waals surface area contributed by atoms with E-state index in [-0.39, 0.29) is 23.4 Å². The number of anilines is 1. The van der Waals surface area contributed by atoms with Gasteiger partial charge in [0.25, 0.3) is 0 Å². The topological polar surface area (TPSA) is 99.5 Å². The Morgan fingerprint density at radius 2 is 1.96 bits per heavy atom. The van der Waals surface area contributed by atoms with Crippen LogP contribution in [-0.4, -0.2) is 54.5 Å². The highest BCUT2D eigenvalue weighted by atomic mass is 16.3. The van der Waals surface area contributed by atoms with E-state index in [1.54, 1.807) is 7.05 Å². The number of hydrogen-bond acceptors (Lipinski definition) is 5.